The monoisotopic (exact) mass is 243 g/mol. The zero-order valence-corrected chi connectivity index (χ0v) is 10.9. The quantitative estimate of drug-likeness (QED) is 0.773. The average Bonchev–Trinajstić information content (AvgIpc) is 2.67. The Hall–Kier alpha value is -2.03. The summed E-state index contributed by atoms with van der Waals surface area (Å²) in [6.45, 7) is 4.76. The summed E-state index contributed by atoms with van der Waals surface area (Å²) in [5.74, 6) is 0.855. The Morgan fingerprint density at radius 3 is 2.39 bits per heavy atom. The maximum absolute atomic E-state index is 10.9. The van der Waals surface area contributed by atoms with Crippen molar-refractivity contribution in [2.24, 2.45) is 0 Å². The number of rotatable bonds is 4. The fourth-order valence-electron chi connectivity index (χ4n) is 2.10. The molecule has 0 radical (unpaired) electrons. The van der Waals surface area contributed by atoms with Crippen LogP contribution in [0.1, 0.15) is 27.3 Å². The first-order valence-corrected chi connectivity index (χ1v) is 5.90. The van der Waals surface area contributed by atoms with Gasteiger partial charge in [0.25, 0.3) is 0 Å². The van der Waals surface area contributed by atoms with Gasteiger partial charge in [-0.15, -0.1) is 0 Å². The lowest BCUT2D eigenvalue weighted by Gasteiger charge is -2.10. The molecule has 0 spiro atoms. The van der Waals surface area contributed by atoms with E-state index in [4.69, 9.17) is 4.74 Å². The minimum atomic E-state index is 0.765. The molecule has 1 aromatic carbocycles. The summed E-state index contributed by atoms with van der Waals surface area (Å²) < 4.78 is 7.28. The average molecular weight is 243 g/mol. The molecule has 0 atom stereocenters. The summed E-state index contributed by atoms with van der Waals surface area (Å²) in [7, 11) is 1.66. The summed E-state index contributed by atoms with van der Waals surface area (Å²) in [6, 6.07) is 9.90. The highest BCUT2D eigenvalue weighted by atomic mass is 16.5. The van der Waals surface area contributed by atoms with E-state index in [0.29, 0.717) is 0 Å². The van der Waals surface area contributed by atoms with Crippen molar-refractivity contribution in [2.45, 2.75) is 20.4 Å². The third-order valence-electron chi connectivity index (χ3n) is 3.24. The third-order valence-corrected chi connectivity index (χ3v) is 3.24. The number of hydrogen-bond donors (Lipinski definition) is 0. The zero-order chi connectivity index (χ0) is 13.1. The fourth-order valence-corrected chi connectivity index (χ4v) is 2.10. The number of hydrogen-bond acceptors (Lipinski definition) is 2. The summed E-state index contributed by atoms with van der Waals surface area (Å²) in [4.78, 5) is 10.9. The van der Waals surface area contributed by atoms with Gasteiger partial charge in [0, 0.05) is 23.5 Å². The molecule has 1 aromatic heterocycles. The smallest absolute Gasteiger partial charge is 0.151 e. The van der Waals surface area contributed by atoms with E-state index < -0.39 is 0 Å². The molecule has 0 aliphatic rings. The number of aromatic nitrogens is 1. The highest BCUT2D eigenvalue weighted by molar-refractivity contribution is 5.77. The van der Waals surface area contributed by atoms with Gasteiger partial charge in [0.05, 0.1) is 7.11 Å². The highest BCUT2D eigenvalue weighted by Gasteiger charge is 2.08. The number of carbonyl (C=O) groups excluding carboxylic acids is 1. The van der Waals surface area contributed by atoms with Crippen LogP contribution in [-0.4, -0.2) is 18.0 Å². The number of methoxy groups -OCH3 is 1. The van der Waals surface area contributed by atoms with Gasteiger partial charge in [-0.2, -0.15) is 0 Å². The zero-order valence-electron chi connectivity index (χ0n) is 10.9. The Balaban J connectivity index is 2.27. The van der Waals surface area contributed by atoms with E-state index in [0.717, 1.165) is 35.5 Å². The molecule has 0 aliphatic heterocycles. The topological polar surface area (TPSA) is 31.2 Å². The molecule has 3 heteroatoms. The predicted octanol–water partition coefficient (Wildman–Crippen LogP) is 2.97. The second-order valence-corrected chi connectivity index (χ2v) is 4.38. The lowest BCUT2D eigenvalue weighted by Crippen LogP contribution is -2.04. The van der Waals surface area contributed by atoms with Crippen LogP contribution >= 0.6 is 0 Å². The van der Waals surface area contributed by atoms with Crippen molar-refractivity contribution < 1.29 is 9.53 Å². The predicted molar refractivity (Wildman–Crippen MR) is 71.4 cm³/mol. The number of ether oxygens (including phenoxy) is 1. The summed E-state index contributed by atoms with van der Waals surface area (Å²) in [5, 5.41) is 0. The van der Waals surface area contributed by atoms with Gasteiger partial charge < -0.3 is 9.30 Å². The second kappa shape index (κ2) is 5.08. The van der Waals surface area contributed by atoms with Gasteiger partial charge in [0.15, 0.2) is 6.29 Å². The third kappa shape index (κ3) is 2.30. The van der Waals surface area contributed by atoms with E-state index in [9.17, 15) is 4.79 Å². The Morgan fingerprint density at radius 2 is 1.89 bits per heavy atom. The summed E-state index contributed by atoms with van der Waals surface area (Å²) >= 11 is 0. The maximum Gasteiger partial charge on any atom is 0.151 e. The van der Waals surface area contributed by atoms with Crippen LogP contribution in [0, 0.1) is 13.8 Å². The molecule has 0 saturated carbocycles. The van der Waals surface area contributed by atoms with Crippen LogP contribution in [0.2, 0.25) is 0 Å². The van der Waals surface area contributed by atoms with Crippen LogP contribution in [0.15, 0.2) is 30.3 Å². The molecule has 0 fully saturated rings. The van der Waals surface area contributed by atoms with Crippen LogP contribution in [0.5, 0.6) is 5.75 Å². The van der Waals surface area contributed by atoms with Crippen LogP contribution in [0.4, 0.5) is 0 Å². The molecule has 2 aromatic rings. The van der Waals surface area contributed by atoms with Crippen molar-refractivity contribution >= 4 is 6.29 Å². The minimum absolute atomic E-state index is 0.765. The van der Waals surface area contributed by atoms with Gasteiger partial charge in [0.1, 0.15) is 5.75 Å². The Labute approximate surface area is 107 Å². The van der Waals surface area contributed by atoms with Gasteiger partial charge >= 0.3 is 0 Å². The molecular weight excluding hydrogens is 226 g/mol. The fraction of sp³-hybridized carbons (Fsp3) is 0.267. The molecule has 0 saturated heterocycles. The van der Waals surface area contributed by atoms with Crippen molar-refractivity contribution in [3.63, 3.8) is 0 Å². The molecule has 94 valence electrons. The molecule has 0 aliphatic carbocycles. The standard InChI is InChI=1S/C15H17NO2/c1-11-8-14(10-17)12(2)16(11)9-13-4-6-15(18-3)7-5-13/h4-8,10H,9H2,1-3H3. The van der Waals surface area contributed by atoms with Gasteiger partial charge in [-0.3, -0.25) is 4.79 Å². The Bertz CT molecular complexity index is 553. The number of aryl methyl sites for hydroxylation is 1. The number of nitrogens with zero attached hydrogens (tertiary/aromatic N) is 1. The van der Waals surface area contributed by atoms with Crippen molar-refractivity contribution in [3.05, 3.63) is 52.8 Å². The first-order chi connectivity index (χ1) is 8.65. The van der Waals surface area contributed by atoms with E-state index in [1.54, 1.807) is 7.11 Å². The Kier molecular flexibility index (Phi) is 3.51. The molecule has 2 rings (SSSR count). The van der Waals surface area contributed by atoms with E-state index in [-0.39, 0.29) is 0 Å². The lowest BCUT2D eigenvalue weighted by atomic mass is 10.2. The number of aldehydes is 1. The van der Waals surface area contributed by atoms with Crippen molar-refractivity contribution in [3.8, 4) is 5.75 Å². The van der Waals surface area contributed by atoms with Gasteiger partial charge in [0.2, 0.25) is 0 Å². The van der Waals surface area contributed by atoms with Crippen LogP contribution in [-0.2, 0) is 6.54 Å². The molecule has 3 nitrogen and oxygen atoms in total. The first-order valence-electron chi connectivity index (χ1n) is 5.90. The van der Waals surface area contributed by atoms with E-state index in [2.05, 4.69) is 4.57 Å². The largest absolute Gasteiger partial charge is 0.497 e. The van der Waals surface area contributed by atoms with Crippen molar-refractivity contribution in [1.82, 2.24) is 4.57 Å². The maximum atomic E-state index is 10.9. The summed E-state index contributed by atoms with van der Waals surface area (Å²) in [5.41, 5.74) is 4.07. The molecule has 18 heavy (non-hydrogen) atoms. The molecular formula is C15H17NO2. The van der Waals surface area contributed by atoms with Crippen molar-refractivity contribution in [2.75, 3.05) is 7.11 Å². The minimum Gasteiger partial charge on any atom is -0.497 e. The van der Waals surface area contributed by atoms with Crippen LogP contribution < -0.4 is 4.74 Å². The number of benzene rings is 1. The SMILES string of the molecule is COc1ccc(Cn2c(C)cc(C=O)c2C)cc1. The van der Waals surface area contributed by atoms with Gasteiger partial charge in [-0.25, -0.2) is 0 Å². The molecule has 0 amide bonds. The van der Waals surface area contributed by atoms with Gasteiger partial charge in [-0.05, 0) is 37.6 Å². The Morgan fingerprint density at radius 1 is 1.22 bits per heavy atom. The van der Waals surface area contributed by atoms with Crippen LogP contribution in [0.3, 0.4) is 0 Å². The van der Waals surface area contributed by atoms with E-state index in [1.165, 1.54) is 5.56 Å². The summed E-state index contributed by atoms with van der Waals surface area (Å²) in [6.07, 6.45) is 0.910. The second-order valence-electron chi connectivity index (χ2n) is 4.38. The highest BCUT2D eigenvalue weighted by Crippen LogP contribution is 2.17. The van der Waals surface area contributed by atoms with E-state index >= 15 is 0 Å². The first kappa shape index (κ1) is 12.4. The molecule has 0 N–H and O–H groups in total. The molecule has 1 heterocycles. The number of carbonyl (C=O) groups is 1. The van der Waals surface area contributed by atoms with Crippen molar-refractivity contribution in [1.29, 1.82) is 0 Å². The normalized spacial score (nSPS) is 10.4. The van der Waals surface area contributed by atoms with Gasteiger partial charge in [-0.1, -0.05) is 12.1 Å². The lowest BCUT2D eigenvalue weighted by molar-refractivity contribution is 0.112. The van der Waals surface area contributed by atoms with Crippen LogP contribution in [0.25, 0.3) is 0 Å². The molecule has 0 bridgehead atoms. The van der Waals surface area contributed by atoms with E-state index in [1.807, 2.05) is 44.2 Å². The molecule has 0 unspecified atom stereocenters.